The summed E-state index contributed by atoms with van der Waals surface area (Å²) in [5, 5.41) is 0.0922. The third kappa shape index (κ3) is 5.33. The first-order valence-electron chi connectivity index (χ1n) is 11.2. The van der Waals surface area contributed by atoms with Crippen LogP contribution in [0.1, 0.15) is 63.0 Å². The molecule has 0 unspecified atom stereocenters. The highest BCUT2D eigenvalue weighted by Gasteiger charge is 2.25. The molecule has 0 spiro atoms. The summed E-state index contributed by atoms with van der Waals surface area (Å²) in [5.41, 5.74) is 1.51. The number of nitrogens with zero attached hydrogens (tertiary/aromatic N) is 2. The molecule has 172 valence electrons. The van der Waals surface area contributed by atoms with Crippen molar-refractivity contribution in [2.75, 3.05) is 17.8 Å². The number of sulfone groups is 1. The van der Waals surface area contributed by atoms with Crippen molar-refractivity contribution in [3.63, 3.8) is 0 Å². The van der Waals surface area contributed by atoms with Gasteiger partial charge in [-0.25, -0.2) is 13.4 Å². The van der Waals surface area contributed by atoms with Gasteiger partial charge in [0.05, 0.1) is 21.7 Å². The number of halogens is 1. The Morgan fingerprint density at radius 1 is 1.16 bits per heavy atom. The van der Waals surface area contributed by atoms with Crippen molar-refractivity contribution in [2.24, 2.45) is 5.92 Å². The number of anilines is 2. The van der Waals surface area contributed by atoms with Gasteiger partial charge in [0.1, 0.15) is 5.82 Å². The molecule has 1 aromatic heterocycles. The second-order valence-corrected chi connectivity index (χ2v) is 11.1. The Morgan fingerprint density at radius 2 is 1.94 bits per heavy atom. The quantitative estimate of drug-likeness (QED) is 0.518. The van der Waals surface area contributed by atoms with Gasteiger partial charge in [-0.2, -0.15) is 0 Å². The van der Waals surface area contributed by atoms with E-state index < -0.39 is 9.84 Å². The molecule has 1 aliphatic heterocycles. The lowest BCUT2D eigenvalue weighted by Gasteiger charge is -2.24. The molecular weight excluding hydrogens is 448 g/mol. The molecule has 1 aromatic carbocycles. The highest BCUT2D eigenvalue weighted by Crippen LogP contribution is 2.34. The molecule has 0 bridgehead atoms. The Kier molecular flexibility index (Phi) is 7.17. The van der Waals surface area contributed by atoms with E-state index in [1.165, 1.54) is 37.8 Å². The van der Waals surface area contributed by atoms with E-state index in [1.54, 1.807) is 17.2 Å². The van der Waals surface area contributed by atoms with Crippen LogP contribution in [-0.2, 0) is 19.4 Å². The molecule has 0 N–H and O–H groups in total. The van der Waals surface area contributed by atoms with Crippen LogP contribution in [0.5, 0.6) is 0 Å². The number of carbonyl (C=O) groups is 1. The number of amides is 1. The largest absolute Gasteiger partial charge is 0.373 e. The molecule has 1 aliphatic carbocycles. The van der Waals surface area contributed by atoms with Crippen LogP contribution in [0.3, 0.4) is 0 Å². The smallest absolute Gasteiger partial charge is 0.232 e. The summed E-state index contributed by atoms with van der Waals surface area (Å²) in [5.74, 6) is 1.01. The normalized spacial score (nSPS) is 19.4. The van der Waals surface area contributed by atoms with Gasteiger partial charge in [0.15, 0.2) is 9.84 Å². The summed E-state index contributed by atoms with van der Waals surface area (Å²) < 4.78 is 29.7. The maximum Gasteiger partial charge on any atom is 0.232 e. The summed E-state index contributed by atoms with van der Waals surface area (Å²) in [6.45, 7) is 0.753. The van der Waals surface area contributed by atoms with Gasteiger partial charge in [-0.3, -0.25) is 9.69 Å². The summed E-state index contributed by atoms with van der Waals surface area (Å²) in [4.78, 5) is 19.5. The van der Waals surface area contributed by atoms with E-state index in [2.05, 4.69) is 4.98 Å². The number of hydrogen-bond donors (Lipinski definition) is 0. The van der Waals surface area contributed by atoms with Crippen LogP contribution in [0.15, 0.2) is 41.4 Å². The van der Waals surface area contributed by atoms with Crippen LogP contribution < -0.4 is 4.90 Å². The van der Waals surface area contributed by atoms with Gasteiger partial charge in [-0.15, -0.1) is 0 Å². The maximum atomic E-state index is 13.3. The Balaban J connectivity index is 1.63. The molecule has 1 amide bonds. The van der Waals surface area contributed by atoms with Crippen LogP contribution in [-0.4, -0.2) is 32.2 Å². The molecule has 32 heavy (non-hydrogen) atoms. The van der Waals surface area contributed by atoms with Crippen LogP contribution in [0, 0.1) is 5.92 Å². The number of benzene rings is 1. The molecule has 1 saturated carbocycles. The first kappa shape index (κ1) is 23.2. The standard InChI is InChI=1S/C24H29ClN2O4S/c1-32(29,30)22-11-10-19(15-20(22)25)27(24(28)13-8-17-5-2-3-6-17)23-12-9-18(16-26-23)21-7-4-14-31-21/h9-12,15-17,21H,2-8,13-14H2,1H3/t21-/m1/s1. The van der Waals surface area contributed by atoms with Crippen molar-refractivity contribution >= 4 is 38.9 Å². The Labute approximate surface area is 194 Å². The third-order valence-electron chi connectivity index (χ3n) is 6.37. The summed E-state index contributed by atoms with van der Waals surface area (Å²) in [6.07, 6.45) is 11.0. The minimum Gasteiger partial charge on any atom is -0.373 e. The SMILES string of the molecule is CS(=O)(=O)c1ccc(N(C(=O)CCC2CCCC2)c2ccc([C@H]3CCCO3)cn2)cc1Cl. The summed E-state index contributed by atoms with van der Waals surface area (Å²) >= 11 is 6.29. The van der Waals surface area contributed by atoms with E-state index in [4.69, 9.17) is 16.3 Å². The van der Waals surface area contributed by atoms with Gasteiger partial charge in [0.2, 0.25) is 5.91 Å². The van der Waals surface area contributed by atoms with E-state index in [0.29, 0.717) is 23.8 Å². The highest BCUT2D eigenvalue weighted by atomic mass is 35.5. The van der Waals surface area contributed by atoms with Crippen LogP contribution in [0.4, 0.5) is 11.5 Å². The predicted octanol–water partition coefficient (Wildman–Crippen LogP) is 5.63. The predicted molar refractivity (Wildman–Crippen MR) is 125 cm³/mol. The second-order valence-electron chi connectivity index (χ2n) is 8.76. The minimum absolute atomic E-state index is 0.0444. The molecule has 2 fully saturated rings. The molecule has 0 radical (unpaired) electrons. The third-order valence-corrected chi connectivity index (χ3v) is 7.94. The number of ether oxygens (including phenoxy) is 1. The Morgan fingerprint density at radius 3 is 2.53 bits per heavy atom. The zero-order valence-corrected chi connectivity index (χ0v) is 19.9. The fourth-order valence-electron chi connectivity index (χ4n) is 4.63. The Bertz CT molecular complexity index is 1060. The van der Waals surface area contributed by atoms with Gasteiger partial charge in [-0.1, -0.05) is 43.4 Å². The number of aromatic nitrogens is 1. The van der Waals surface area contributed by atoms with Gasteiger partial charge in [0.25, 0.3) is 0 Å². The molecule has 2 heterocycles. The fraction of sp³-hybridized carbons (Fsp3) is 0.500. The molecule has 4 rings (SSSR count). The average Bonchev–Trinajstić information content (AvgIpc) is 3.46. The molecular formula is C24H29ClN2O4S. The van der Waals surface area contributed by atoms with Gasteiger partial charge in [-0.05, 0) is 55.0 Å². The van der Waals surface area contributed by atoms with Gasteiger partial charge in [0, 0.05) is 25.5 Å². The summed E-state index contributed by atoms with van der Waals surface area (Å²) in [7, 11) is -3.46. The fourth-order valence-corrected chi connectivity index (χ4v) is 5.96. The van der Waals surface area contributed by atoms with Crippen molar-refractivity contribution in [2.45, 2.75) is 62.4 Å². The highest BCUT2D eigenvalue weighted by molar-refractivity contribution is 7.90. The van der Waals surface area contributed by atoms with E-state index in [1.807, 2.05) is 12.1 Å². The Hall–Kier alpha value is -1.96. The van der Waals surface area contributed by atoms with Gasteiger partial charge >= 0.3 is 0 Å². The zero-order valence-electron chi connectivity index (χ0n) is 18.3. The number of pyridine rings is 1. The lowest BCUT2D eigenvalue weighted by molar-refractivity contribution is -0.118. The first-order valence-corrected chi connectivity index (χ1v) is 13.5. The monoisotopic (exact) mass is 476 g/mol. The molecule has 2 aliphatic rings. The lowest BCUT2D eigenvalue weighted by atomic mass is 10.0. The van der Waals surface area contributed by atoms with Crippen LogP contribution >= 0.6 is 11.6 Å². The van der Waals surface area contributed by atoms with Gasteiger partial charge < -0.3 is 4.74 Å². The molecule has 1 atom stereocenters. The van der Waals surface area contributed by atoms with E-state index in [-0.39, 0.29) is 21.9 Å². The topological polar surface area (TPSA) is 76.6 Å². The maximum absolute atomic E-state index is 13.3. The zero-order chi connectivity index (χ0) is 22.7. The van der Waals surface area contributed by atoms with E-state index in [0.717, 1.165) is 37.7 Å². The molecule has 8 heteroatoms. The average molecular weight is 477 g/mol. The molecule has 2 aromatic rings. The van der Waals surface area contributed by atoms with Crippen molar-refractivity contribution < 1.29 is 17.9 Å². The molecule has 1 saturated heterocycles. The van der Waals surface area contributed by atoms with Crippen molar-refractivity contribution in [1.29, 1.82) is 0 Å². The lowest BCUT2D eigenvalue weighted by Crippen LogP contribution is -2.27. The van der Waals surface area contributed by atoms with Crippen molar-refractivity contribution in [3.05, 3.63) is 47.1 Å². The van der Waals surface area contributed by atoms with Crippen LogP contribution in [0.2, 0.25) is 5.02 Å². The summed E-state index contributed by atoms with van der Waals surface area (Å²) in [6, 6.07) is 8.36. The molecule has 6 nitrogen and oxygen atoms in total. The second kappa shape index (κ2) is 9.89. The minimum atomic E-state index is -3.46. The number of carbonyl (C=O) groups excluding carboxylic acids is 1. The van der Waals surface area contributed by atoms with Crippen LogP contribution in [0.25, 0.3) is 0 Å². The van der Waals surface area contributed by atoms with E-state index in [9.17, 15) is 13.2 Å². The first-order chi connectivity index (χ1) is 15.3. The van der Waals surface area contributed by atoms with Crippen molar-refractivity contribution in [1.82, 2.24) is 4.98 Å². The van der Waals surface area contributed by atoms with Crippen molar-refractivity contribution in [3.8, 4) is 0 Å². The number of hydrogen-bond acceptors (Lipinski definition) is 5. The van der Waals surface area contributed by atoms with E-state index >= 15 is 0 Å². The number of rotatable bonds is 7.